The second-order valence-corrected chi connectivity index (χ2v) is 12.1. The number of nitrogens with one attached hydrogen (secondary N) is 3. The van der Waals surface area contributed by atoms with Crippen LogP contribution in [0.1, 0.15) is 37.3 Å². The number of pyridine rings is 1. The molecule has 0 saturated heterocycles. The number of para-hydroxylation sites is 1. The number of hydrogen-bond acceptors (Lipinski definition) is 7. The van der Waals surface area contributed by atoms with Crippen LogP contribution >= 0.6 is 0 Å². The van der Waals surface area contributed by atoms with Crippen molar-refractivity contribution in [2.75, 3.05) is 45.1 Å². The first-order valence-corrected chi connectivity index (χ1v) is 15.7. The number of benzene rings is 2. The van der Waals surface area contributed by atoms with Crippen LogP contribution in [0.2, 0.25) is 0 Å². The SMILES string of the molecule is C[C@@H](N)C(=O)N[C@@H](CCC[N+](C)(CCN)CCN)C(=O)N[C@@H](CCc1cccc(C(F)(F)F)c1)C(=O)Nc1cnc2ccccc2c1. The summed E-state index contributed by atoms with van der Waals surface area (Å²) in [5.41, 5.74) is 18.0. The predicted octanol–water partition coefficient (Wildman–Crippen LogP) is 2.29. The second-order valence-electron chi connectivity index (χ2n) is 12.1. The van der Waals surface area contributed by atoms with Gasteiger partial charge in [0.15, 0.2) is 0 Å². The van der Waals surface area contributed by atoms with E-state index in [1.165, 1.54) is 25.3 Å². The van der Waals surface area contributed by atoms with Crippen molar-refractivity contribution in [1.29, 1.82) is 0 Å². The molecule has 3 aromatic rings. The average molecular weight is 660 g/mol. The number of amides is 3. The number of likely N-dealkylation sites (N-methyl/N-ethyl adjacent to an activating group) is 1. The van der Waals surface area contributed by atoms with Crippen LogP contribution in [0.4, 0.5) is 18.9 Å². The van der Waals surface area contributed by atoms with Gasteiger partial charge in [-0.3, -0.25) is 19.4 Å². The van der Waals surface area contributed by atoms with Crippen molar-refractivity contribution in [3.8, 4) is 0 Å². The Morgan fingerprint density at radius 1 is 0.872 bits per heavy atom. The molecule has 14 heteroatoms. The molecule has 11 nitrogen and oxygen atoms in total. The molecule has 1 heterocycles. The standard InChI is InChI=1S/C33H45F3N8O3/c1-22(39)30(45)42-28(11-6-16-44(2,17-14-37)18-15-38)32(47)43-29(13-12-23-7-5-9-25(19-23)33(34,35)36)31(46)41-26-20-24-8-3-4-10-27(24)40-21-26/h3-5,7-10,19-22,28-29H,6,11-18,37-39H2,1-2H3,(H2-,41,42,43,45,46,47)/p+1/t22-,28+,29+/m1/s1. The summed E-state index contributed by atoms with van der Waals surface area (Å²) < 4.78 is 40.6. The lowest BCUT2D eigenvalue weighted by Crippen LogP contribution is -2.55. The van der Waals surface area contributed by atoms with E-state index in [4.69, 9.17) is 17.2 Å². The van der Waals surface area contributed by atoms with Crippen molar-refractivity contribution >= 4 is 34.3 Å². The molecule has 3 atom stereocenters. The van der Waals surface area contributed by atoms with Crippen LogP contribution in [0.15, 0.2) is 60.8 Å². The van der Waals surface area contributed by atoms with Crippen LogP contribution in [0.25, 0.3) is 10.9 Å². The molecule has 9 N–H and O–H groups in total. The normalized spacial score (nSPS) is 13.9. The molecule has 2 aromatic carbocycles. The summed E-state index contributed by atoms with van der Waals surface area (Å²) in [5.74, 6) is -1.75. The quantitative estimate of drug-likeness (QED) is 0.120. The molecule has 0 saturated carbocycles. The maximum absolute atomic E-state index is 13.7. The number of rotatable bonds is 17. The van der Waals surface area contributed by atoms with Gasteiger partial charge in [-0.05, 0) is 56.4 Å². The summed E-state index contributed by atoms with van der Waals surface area (Å²) in [4.78, 5) is 44.2. The Labute approximate surface area is 273 Å². The molecule has 3 rings (SSSR count). The first-order valence-electron chi connectivity index (χ1n) is 15.7. The fourth-order valence-electron chi connectivity index (χ4n) is 5.33. The smallest absolute Gasteiger partial charge is 0.343 e. The topological polar surface area (TPSA) is 178 Å². The van der Waals surface area contributed by atoms with Crippen molar-refractivity contribution in [1.82, 2.24) is 15.6 Å². The molecule has 0 bridgehead atoms. The lowest BCUT2D eigenvalue weighted by Gasteiger charge is -2.34. The first kappa shape index (κ1) is 37.3. The number of alkyl halides is 3. The molecule has 0 aliphatic carbocycles. The van der Waals surface area contributed by atoms with Gasteiger partial charge in [0.1, 0.15) is 12.1 Å². The van der Waals surface area contributed by atoms with Crippen LogP contribution in [-0.4, -0.2) is 85.1 Å². The summed E-state index contributed by atoms with van der Waals surface area (Å²) in [5, 5.41) is 8.97. The molecule has 1 aromatic heterocycles. The Hall–Kier alpha value is -4.11. The Bertz CT molecular complexity index is 1500. The van der Waals surface area contributed by atoms with Gasteiger partial charge in [-0.25, -0.2) is 0 Å². The van der Waals surface area contributed by atoms with E-state index in [1.54, 1.807) is 6.07 Å². The van der Waals surface area contributed by atoms with E-state index in [0.717, 1.165) is 23.0 Å². The highest BCUT2D eigenvalue weighted by molar-refractivity contribution is 5.99. The fraction of sp³-hybridized carbons (Fsp3) is 0.455. The summed E-state index contributed by atoms with van der Waals surface area (Å²) >= 11 is 0. The number of fused-ring (bicyclic) bond motifs is 1. The zero-order valence-electron chi connectivity index (χ0n) is 26.9. The number of hydrogen-bond donors (Lipinski definition) is 6. The monoisotopic (exact) mass is 659 g/mol. The van der Waals surface area contributed by atoms with Gasteiger partial charge in [0.2, 0.25) is 17.7 Å². The number of anilines is 1. The van der Waals surface area contributed by atoms with E-state index in [9.17, 15) is 27.6 Å². The average Bonchev–Trinajstić information content (AvgIpc) is 3.02. The van der Waals surface area contributed by atoms with Gasteiger partial charge in [-0.1, -0.05) is 36.4 Å². The van der Waals surface area contributed by atoms with Gasteiger partial charge >= 0.3 is 6.18 Å². The van der Waals surface area contributed by atoms with Crippen LogP contribution < -0.4 is 33.2 Å². The van der Waals surface area contributed by atoms with Crippen LogP contribution in [0.5, 0.6) is 0 Å². The Morgan fingerprint density at radius 2 is 1.53 bits per heavy atom. The molecule has 0 aliphatic rings. The van der Waals surface area contributed by atoms with Crippen LogP contribution in [-0.2, 0) is 27.0 Å². The molecule has 256 valence electrons. The fourth-order valence-corrected chi connectivity index (χ4v) is 5.33. The summed E-state index contributed by atoms with van der Waals surface area (Å²) in [6.07, 6.45) is -2.24. The number of aromatic nitrogens is 1. The van der Waals surface area contributed by atoms with Gasteiger partial charge in [0, 0.05) is 18.5 Å². The number of nitrogens with two attached hydrogens (primary N) is 3. The molecule has 3 amide bonds. The number of halogens is 3. The molecule has 0 spiro atoms. The highest BCUT2D eigenvalue weighted by atomic mass is 19.4. The van der Waals surface area contributed by atoms with Crippen molar-refractivity contribution in [3.63, 3.8) is 0 Å². The first-order chi connectivity index (χ1) is 22.2. The Morgan fingerprint density at radius 3 is 2.19 bits per heavy atom. The van der Waals surface area contributed by atoms with Gasteiger partial charge in [-0.15, -0.1) is 0 Å². The third kappa shape index (κ3) is 11.6. The highest BCUT2D eigenvalue weighted by Gasteiger charge is 2.31. The number of carbonyl (C=O) groups excluding carboxylic acids is 3. The van der Waals surface area contributed by atoms with Crippen molar-refractivity contribution in [2.45, 2.75) is 56.9 Å². The minimum atomic E-state index is -4.53. The number of aryl methyl sites for hydroxylation is 1. The zero-order chi connectivity index (χ0) is 34.6. The van der Waals surface area contributed by atoms with Crippen LogP contribution in [0.3, 0.4) is 0 Å². The maximum atomic E-state index is 13.7. The predicted molar refractivity (Wildman–Crippen MR) is 176 cm³/mol. The van der Waals surface area contributed by atoms with Crippen molar-refractivity contribution in [3.05, 3.63) is 71.9 Å². The van der Waals surface area contributed by atoms with Gasteiger partial charge in [0.25, 0.3) is 0 Å². The van der Waals surface area contributed by atoms with E-state index in [1.807, 2.05) is 31.3 Å². The molecule has 0 radical (unpaired) electrons. The van der Waals surface area contributed by atoms with E-state index in [2.05, 4.69) is 20.9 Å². The number of nitrogens with zero attached hydrogens (tertiary/aromatic N) is 2. The minimum Gasteiger partial charge on any atom is -0.343 e. The van der Waals surface area contributed by atoms with E-state index in [0.29, 0.717) is 54.9 Å². The van der Waals surface area contributed by atoms with Crippen LogP contribution in [0, 0.1) is 0 Å². The van der Waals surface area contributed by atoms with Gasteiger partial charge < -0.3 is 37.6 Å². The largest absolute Gasteiger partial charge is 0.416 e. The molecular weight excluding hydrogens is 613 g/mol. The molecule has 47 heavy (non-hydrogen) atoms. The maximum Gasteiger partial charge on any atom is 0.416 e. The molecule has 0 aliphatic heterocycles. The zero-order valence-corrected chi connectivity index (χ0v) is 26.9. The summed E-state index contributed by atoms with van der Waals surface area (Å²) in [6, 6.07) is 10.8. The molecular formula is C33H46F3N8O3+. The highest BCUT2D eigenvalue weighted by Crippen LogP contribution is 2.30. The lowest BCUT2D eigenvalue weighted by molar-refractivity contribution is -0.907. The van der Waals surface area contributed by atoms with E-state index in [-0.39, 0.29) is 19.3 Å². The van der Waals surface area contributed by atoms with E-state index < -0.39 is 47.6 Å². The van der Waals surface area contributed by atoms with Gasteiger partial charge in [0.05, 0.1) is 55.7 Å². The Kier molecular flexibility index (Phi) is 13.6. The summed E-state index contributed by atoms with van der Waals surface area (Å²) in [7, 11) is 2.02. The van der Waals surface area contributed by atoms with Crippen molar-refractivity contribution in [2.24, 2.45) is 17.2 Å². The number of quaternary nitrogens is 1. The molecule has 0 unspecified atom stereocenters. The minimum absolute atomic E-state index is 0.0180. The third-order valence-electron chi connectivity index (χ3n) is 8.04. The second kappa shape index (κ2) is 17.2. The summed E-state index contributed by atoms with van der Waals surface area (Å²) in [6.45, 7) is 4.40. The van der Waals surface area contributed by atoms with Gasteiger partial charge in [-0.2, -0.15) is 13.2 Å². The molecule has 0 fully saturated rings. The van der Waals surface area contributed by atoms with Crippen molar-refractivity contribution < 1.29 is 32.0 Å². The van der Waals surface area contributed by atoms with E-state index >= 15 is 0 Å². The number of carbonyl (C=O) groups is 3. The third-order valence-corrected chi connectivity index (χ3v) is 8.04. The Balaban J connectivity index is 1.83. The lowest BCUT2D eigenvalue weighted by atomic mass is 10.0.